The molecule has 4 nitrogen and oxygen atoms in total. The topological polar surface area (TPSA) is 31.7 Å². The number of aromatic nitrogens is 1. The Morgan fingerprint density at radius 3 is 2.29 bits per heavy atom. The monoisotopic (exact) mass is 368 g/mol. The molecule has 0 radical (unpaired) electrons. The highest BCUT2D eigenvalue weighted by molar-refractivity contribution is 14.0. The Kier molecular flexibility index (Phi) is 7.69. The zero-order chi connectivity index (χ0) is 12.1. The van der Waals surface area contributed by atoms with Crippen molar-refractivity contribution in [2.45, 2.75) is 13.3 Å². The van der Waals surface area contributed by atoms with E-state index >= 15 is 0 Å². The van der Waals surface area contributed by atoms with Crippen molar-refractivity contribution < 1.29 is 0 Å². The molecule has 0 atom stereocenters. The number of rotatable bonds is 3. The van der Waals surface area contributed by atoms with Crippen molar-refractivity contribution in [3.8, 4) is 0 Å². The summed E-state index contributed by atoms with van der Waals surface area (Å²) in [5.74, 6) is 0.993. The Bertz CT molecular complexity index is 350. The highest BCUT2D eigenvalue weighted by Gasteiger charge is 2.04. The third kappa shape index (κ3) is 5.67. The first-order valence-corrected chi connectivity index (χ1v) is 6.18. The highest BCUT2D eigenvalue weighted by Crippen LogP contribution is 2.08. The number of thiazole rings is 1. The van der Waals surface area contributed by atoms with Gasteiger partial charge in [-0.3, -0.25) is 4.99 Å². The molecule has 0 N–H and O–H groups in total. The number of nitrogens with zero attached hydrogens (tertiary/aromatic N) is 4. The van der Waals surface area contributed by atoms with Crippen molar-refractivity contribution in [2.75, 3.05) is 34.7 Å². The molecule has 0 aromatic carbocycles. The molecule has 0 aliphatic rings. The molecule has 17 heavy (non-hydrogen) atoms. The fourth-order valence-electron chi connectivity index (χ4n) is 1.48. The van der Waals surface area contributed by atoms with Gasteiger partial charge in [0.25, 0.3) is 0 Å². The van der Waals surface area contributed by atoms with Crippen molar-refractivity contribution >= 4 is 41.3 Å². The van der Waals surface area contributed by atoms with Crippen LogP contribution in [0, 0.1) is 6.92 Å². The summed E-state index contributed by atoms with van der Waals surface area (Å²) in [6.45, 7) is 2.82. The predicted octanol–water partition coefficient (Wildman–Crippen LogP) is 2.09. The molecule has 0 amide bonds. The molecule has 98 valence electrons. The van der Waals surface area contributed by atoms with E-state index in [0.717, 1.165) is 29.6 Å². The number of guanidine groups is 1. The molecule has 1 heterocycles. The average molecular weight is 368 g/mol. The van der Waals surface area contributed by atoms with Crippen LogP contribution in [-0.4, -0.2) is 55.5 Å². The SMILES string of the molecule is Cc1nc(CCN=C(N(C)C)N(C)C)cs1.I. The normalized spacial score (nSPS) is 9.47. The van der Waals surface area contributed by atoms with Gasteiger partial charge < -0.3 is 9.80 Å². The van der Waals surface area contributed by atoms with Crippen LogP contribution in [0.5, 0.6) is 0 Å². The molecular formula is C11H21IN4S. The first kappa shape index (κ1) is 16.6. The Labute approximate surface area is 125 Å². The molecule has 0 unspecified atom stereocenters. The standard InChI is InChI=1S/C11H20N4S.HI/c1-9-13-10(8-16-9)6-7-12-11(14(2)3)15(4)5;/h8H,6-7H2,1-5H3;1H. The Morgan fingerprint density at radius 2 is 1.88 bits per heavy atom. The summed E-state index contributed by atoms with van der Waals surface area (Å²) in [7, 11) is 8.02. The van der Waals surface area contributed by atoms with Gasteiger partial charge in [-0.2, -0.15) is 0 Å². The second-order valence-corrected chi connectivity index (χ2v) is 5.14. The van der Waals surface area contributed by atoms with E-state index in [0.29, 0.717) is 0 Å². The second-order valence-electron chi connectivity index (χ2n) is 4.08. The molecule has 0 saturated heterocycles. The zero-order valence-corrected chi connectivity index (χ0v) is 14.2. The van der Waals surface area contributed by atoms with Crippen LogP contribution in [0.15, 0.2) is 10.4 Å². The zero-order valence-electron chi connectivity index (χ0n) is 11.1. The number of hydrogen-bond acceptors (Lipinski definition) is 3. The third-order valence-corrected chi connectivity index (χ3v) is 2.91. The second kappa shape index (κ2) is 7.86. The van der Waals surface area contributed by atoms with E-state index in [-0.39, 0.29) is 24.0 Å². The average Bonchev–Trinajstić information content (AvgIpc) is 2.57. The van der Waals surface area contributed by atoms with E-state index in [9.17, 15) is 0 Å². The number of aliphatic imine (C=N–C) groups is 1. The maximum absolute atomic E-state index is 4.56. The van der Waals surface area contributed by atoms with Crippen molar-refractivity contribution in [2.24, 2.45) is 4.99 Å². The summed E-state index contributed by atoms with van der Waals surface area (Å²) < 4.78 is 0. The van der Waals surface area contributed by atoms with Gasteiger partial charge in [-0.15, -0.1) is 35.3 Å². The number of aryl methyl sites for hydroxylation is 1. The molecule has 0 bridgehead atoms. The maximum atomic E-state index is 4.56. The van der Waals surface area contributed by atoms with Crippen LogP contribution in [-0.2, 0) is 6.42 Å². The number of hydrogen-bond donors (Lipinski definition) is 0. The fourth-order valence-corrected chi connectivity index (χ4v) is 2.12. The summed E-state index contributed by atoms with van der Waals surface area (Å²) in [5.41, 5.74) is 1.14. The molecule has 0 aliphatic carbocycles. The predicted molar refractivity (Wildman–Crippen MR) is 85.6 cm³/mol. The van der Waals surface area contributed by atoms with Crippen LogP contribution in [0.3, 0.4) is 0 Å². The largest absolute Gasteiger partial charge is 0.349 e. The van der Waals surface area contributed by atoms with Crippen molar-refractivity contribution in [3.63, 3.8) is 0 Å². The molecule has 1 rings (SSSR count). The Balaban J connectivity index is 0.00000256. The summed E-state index contributed by atoms with van der Waals surface area (Å²) in [6.07, 6.45) is 0.912. The van der Waals surface area contributed by atoms with Gasteiger partial charge in [-0.25, -0.2) is 4.98 Å². The van der Waals surface area contributed by atoms with Crippen LogP contribution in [0.25, 0.3) is 0 Å². The summed E-state index contributed by atoms with van der Waals surface area (Å²) >= 11 is 1.70. The first-order chi connectivity index (χ1) is 7.50. The minimum atomic E-state index is 0. The van der Waals surface area contributed by atoms with Crippen molar-refractivity contribution in [1.29, 1.82) is 0 Å². The Hall–Kier alpha value is -0.370. The molecule has 1 aromatic rings. The van der Waals surface area contributed by atoms with Gasteiger partial charge in [0.2, 0.25) is 0 Å². The summed E-state index contributed by atoms with van der Waals surface area (Å²) in [5, 5.41) is 3.23. The van der Waals surface area contributed by atoms with Crippen LogP contribution in [0.2, 0.25) is 0 Å². The van der Waals surface area contributed by atoms with Gasteiger partial charge in [0, 0.05) is 46.5 Å². The van der Waals surface area contributed by atoms with E-state index in [4.69, 9.17) is 0 Å². The molecule has 0 saturated carbocycles. The van der Waals surface area contributed by atoms with Gasteiger partial charge in [0.15, 0.2) is 5.96 Å². The van der Waals surface area contributed by atoms with E-state index in [1.807, 2.05) is 44.9 Å². The van der Waals surface area contributed by atoms with Gasteiger partial charge in [0.05, 0.1) is 10.7 Å². The number of halogens is 1. The van der Waals surface area contributed by atoms with Crippen LogP contribution < -0.4 is 0 Å². The summed E-state index contributed by atoms with van der Waals surface area (Å²) in [4.78, 5) is 13.0. The molecule has 0 fully saturated rings. The van der Waals surface area contributed by atoms with Crippen LogP contribution in [0.1, 0.15) is 10.7 Å². The minimum Gasteiger partial charge on any atom is -0.349 e. The molecular weight excluding hydrogens is 347 g/mol. The van der Waals surface area contributed by atoms with Gasteiger partial charge in [0.1, 0.15) is 0 Å². The highest BCUT2D eigenvalue weighted by atomic mass is 127. The smallest absolute Gasteiger partial charge is 0.195 e. The Morgan fingerprint density at radius 1 is 1.29 bits per heavy atom. The van der Waals surface area contributed by atoms with E-state index in [1.54, 1.807) is 11.3 Å². The van der Waals surface area contributed by atoms with E-state index in [1.165, 1.54) is 0 Å². The van der Waals surface area contributed by atoms with E-state index < -0.39 is 0 Å². The lowest BCUT2D eigenvalue weighted by molar-refractivity contribution is 0.479. The van der Waals surface area contributed by atoms with Crippen LogP contribution >= 0.6 is 35.3 Å². The molecule has 6 heteroatoms. The summed E-state index contributed by atoms with van der Waals surface area (Å²) in [6, 6.07) is 0. The lowest BCUT2D eigenvalue weighted by atomic mass is 10.3. The first-order valence-electron chi connectivity index (χ1n) is 5.31. The fraction of sp³-hybridized carbons (Fsp3) is 0.636. The maximum Gasteiger partial charge on any atom is 0.195 e. The lowest BCUT2D eigenvalue weighted by Crippen LogP contribution is -2.35. The van der Waals surface area contributed by atoms with Crippen molar-refractivity contribution in [3.05, 3.63) is 16.1 Å². The molecule has 0 aliphatic heterocycles. The molecule has 1 aromatic heterocycles. The molecule has 0 spiro atoms. The van der Waals surface area contributed by atoms with Gasteiger partial charge >= 0.3 is 0 Å². The lowest BCUT2D eigenvalue weighted by Gasteiger charge is -2.22. The van der Waals surface area contributed by atoms with E-state index in [2.05, 4.69) is 15.4 Å². The van der Waals surface area contributed by atoms with Gasteiger partial charge in [-0.1, -0.05) is 0 Å². The van der Waals surface area contributed by atoms with Crippen LogP contribution in [0.4, 0.5) is 0 Å². The van der Waals surface area contributed by atoms with Crippen molar-refractivity contribution in [1.82, 2.24) is 14.8 Å². The van der Waals surface area contributed by atoms with Gasteiger partial charge in [-0.05, 0) is 6.92 Å². The third-order valence-electron chi connectivity index (χ3n) is 2.09. The quantitative estimate of drug-likeness (QED) is 0.465. The minimum absolute atomic E-state index is 0.